The molecule has 1 aliphatic heterocycles. The third-order valence-corrected chi connectivity index (χ3v) is 10.6. The van der Waals surface area contributed by atoms with Crippen molar-refractivity contribution in [2.24, 2.45) is 28.1 Å². The van der Waals surface area contributed by atoms with Crippen molar-refractivity contribution in [3.8, 4) is 0 Å². The lowest BCUT2D eigenvalue weighted by Gasteiger charge is -2.62. The number of aliphatic hydroxyl groups is 5. The standard InChI is InChI=1S/C28H46O11/c1-14(30)36-13-19(31)28(5)10-8-16-15(24(28)39-35)6-7-18-26(2,3)20(9-11-27(16,18)4)38-25-23(34)22(33)21(32)17(12-29)37-25/h6,16-25,29,31-35H,7-13H2,1-5H3/t16-,17-,18-,19?,20-,21-,22+,23-,24-,25+,27+,28+/m1/s1. The highest BCUT2D eigenvalue weighted by Crippen LogP contribution is 2.64. The predicted molar refractivity (Wildman–Crippen MR) is 137 cm³/mol. The Kier molecular flexibility index (Phi) is 8.89. The molecule has 1 saturated heterocycles. The van der Waals surface area contributed by atoms with Crippen LogP contribution in [-0.2, 0) is 23.9 Å². The summed E-state index contributed by atoms with van der Waals surface area (Å²) in [6.07, 6.45) is -3.15. The number of allylic oxidation sites excluding steroid dienone is 1. The van der Waals surface area contributed by atoms with Crippen LogP contribution >= 0.6 is 0 Å². The molecule has 0 radical (unpaired) electrons. The molecule has 1 heterocycles. The minimum Gasteiger partial charge on any atom is -0.463 e. The molecule has 0 amide bonds. The molecule has 3 fully saturated rings. The van der Waals surface area contributed by atoms with Gasteiger partial charge in [0.25, 0.3) is 0 Å². The van der Waals surface area contributed by atoms with E-state index in [2.05, 4.69) is 26.8 Å². The van der Waals surface area contributed by atoms with Crippen LogP contribution in [0.1, 0.15) is 66.7 Å². The highest BCUT2D eigenvalue weighted by atomic mass is 17.1. The van der Waals surface area contributed by atoms with Gasteiger partial charge in [-0.3, -0.25) is 10.1 Å². The molecule has 6 N–H and O–H groups in total. The molecule has 0 aromatic rings. The summed E-state index contributed by atoms with van der Waals surface area (Å²) in [5.41, 5.74) is -0.425. The monoisotopic (exact) mass is 558 g/mol. The van der Waals surface area contributed by atoms with E-state index in [0.29, 0.717) is 19.3 Å². The summed E-state index contributed by atoms with van der Waals surface area (Å²) in [6, 6.07) is 0. The van der Waals surface area contributed by atoms with E-state index in [9.17, 15) is 35.6 Å². The highest BCUT2D eigenvalue weighted by molar-refractivity contribution is 5.65. The minimum atomic E-state index is -1.50. The lowest BCUT2D eigenvalue weighted by atomic mass is 9.44. The number of hydrogen-bond acceptors (Lipinski definition) is 11. The summed E-state index contributed by atoms with van der Waals surface area (Å²) in [5, 5.41) is 61.4. The van der Waals surface area contributed by atoms with Crippen LogP contribution in [-0.4, -0.2) is 99.0 Å². The fourth-order valence-electron chi connectivity index (χ4n) is 8.08. The summed E-state index contributed by atoms with van der Waals surface area (Å²) in [6.45, 7) is 8.95. The number of rotatable bonds is 7. The van der Waals surface area contributed by atoms with Gasteiger partial charge in [-0.2, -0.15) is 0 Å². The van der Waals surface area contributed by atoms with E-state index in [-0.39, 0.29) is 35.4 Å². The number of ether oxygens (including phenoxy) is 3. The normalized spacial score (nSPS) is 46.4. The second-order valence-corrected chi connectivity index (χ2v) is 13.1. The van der Waals surface area contributed by atoms with Gasteiger partial charge in [-0.15, -0.1) is 0 Å². The molecule has 1 unspecified atom stereocenters. The molecular formula is C28H46O11. The molecule has 2 saturated carbocycles. The summed E-state index contributed by atoms with van der Waals surface area (Å²) in [7, 11) is 0. The lowest BCUT2D eigenvalue weighted by molar-refractivity contribution is -0.329. The first-order valence-corrected chi connectivity index (χ1v) is 14.0. The molecule has 0 aromatic heterocycles. The quantitative estimate of drug-likeness (QED) is 0.114. The molecule has 0 spiro atoms. The lowest BCUT2D eigenvalue weighted by Crippen LogP contribution is -2.62. The molecule has 12 atom stereocenters. The number of carbonyl (C=O) groups excluding carboxylic acids is 1. The fourth-order valence-corrected chi connectivity index (χ4v) is 8.08. The van der Waals surface area contributed by atoms with Crippen molar-refractivity contribution >= 4 is 5.97 Å². The Morgan fingerprint density at radius 1 is 1.10 bits per heavy atom. The van der Waals surface area contributed by atoms with Crippen molar-refractivity contribution in [2.45, 2.75) is 116 Å². The zero-order valence-corrected chi connectivity index (χ0v) is 23.5. The van der Waals surface area contributed by atoms with Crippen LogP contribution in [0.3, 0.4) is 0 Å². The second-order valence-electron chi connectivity index (χ2n) is 13.1. The molecular weight excluding hydrogens is 512 g/mol. The van der Waals surface area contributed by atoms with E-state index in [0.717, 1.165) is 18.4 Å². The smallest absolute Gasteiger partial charge is 0.302 e. The maximum atomic E-state index is 11.3. The number of aliphatic hydroxyl groups excluding tert-OH is 5. The number of carbonyl (C=O) groups is 1. The van der Waals surface area contributed by atoms with Gasteiger partial charge < -0.3 is 39.7 Å². The molecule has 3 aliphatic carbocycles. The zero-order chi connectivity index (χ0) is 28.9. The average Bonchev–Trinajstić information content (AvgIpc) is 2.88. The first-order chi connectivity index (χ1) is 18.2. The molecule has 4 aliphatic rings. The first-order valence-electron chi connectivity index (χ1n) is 14.0. The molecule has 0 bridgehead atoms. The van der Waals surface area contributed by atoms with E-state index in [1.165, 1.54) is 6.92 Å². The molecule has 39 heavy (non-hydrogen) atoms. The van der Waals surface area contributed by atoms with Gasteiger partial charge in [-0.05, 0) is 60.3 Å². The third kappa shape index (κ3) is 5.19. The maximum Gasteiger partial charge on any atom is 0.302 e. The van der Waals surface area contributed by atoms with Crippen LogP contribution < -0.4 is 0 Å². The summed E-state index contributed by atoms with van der Waals surface area (Å²) in [5.74, 6) is -0.225. The van der Waals surface area contributed by atoms with Crippen molar-refractivity contribution in [2.75, 3.05) is 13.2 Å². The van der Waals surface area contributed by atoms with Crippen molar-refractivity contribution < 1.29 is 54.7 Å². The van der Waals surface area contributed by atoms with Gasteiger partial charge in [0, 0.05) is 12.3 Å². The first kappa shape index (κ1) is 30.8. The Morgan fingerprint density at radius 2 is 1.79 bits per heavy atom. The predicted octanol–water partition coefficient (Wildman–Crippen LogP) is 1.14. The fraction of sp³-hybridized carbons (Fsp3) is 0.893. The Balaban J connectivity index is 1.55. The molecule has 11 nitrogen and oxygen atoms in total. The SMILES string of the molecule is CC(=O)OCC(O)[C@]1(C)CC[C@@H]2C(=CC[C@@H]3C(C)(C)[C@H](O[C@@H]4O[C@H](CO)[C@@H](O)[C@H](O)[C@H]4O)CC[C@@]23C)[C@H]1OO. The number of hydrogen-bond donors (Lipinski definition) is 6. The van der Waals surface area contributed by atoms with Gasteiger partial charge in [0.05, 0.1) is 18.8 Å². The van der Waals surface area contributed by atoms with Crippen LogP contribution in [0.4, 0.5) is 0 Å². The van der Waals surface area contributed by atoms with Gasteiger partial charge in [0.15, 0.2) is 6.29 Å². The van der Waals surface area contributed by atoms with Crippen LogP contribution in [0.2, 0.25) is 0 Å². The number of esters is 1. The minimum absolute atomic E-state index is 0.0925. The largest absolute Gasteiger partial charge is 0.463 e. The van der Waals surface area contributed by atoms with Crippen molar-refractivity contribution in [3.63, 3.8) is 0 Å². The van der Waals surface area contributed by atoms with Gasteiger partial charge >= 0.3 is 5.97 Å². The van der Waals surface area contributed by atoms with Gasteiger partial charge in [0.1, 0.15) is 37.1 Å². The molecule has 11 heteroatoms. The van der Waals surface area contributed by atoms with Crippen molar-refractivity contribution in [1.29, 1.82) is 0 Å². The van der Waals surface area contributed by atoms with Gasteiger partial charge in [0.2, 0.25) is 0 Å². The van der Waals surface area contributed by atoms with Crippen LogP contribution in [0.15, 0.2) is 11.6 Å². The van der Waals surface area contributed by atoms with Crippen LogP contribution in [0, 0.1) is 28.1 Å². The average molecular weight is 559 g/mol. The van der Waals surface area contributed by atoms with E-state index in [1.807, 2.05) is 6.92 Å². The summed E-state index contributed by atoms with van der Waals surface area (Å²) >= 11 is 0. The third-order valence-electron chi connectivity index (χ3n) is 10.6. The molecule has 0 aromatic carbocycles. The number of fused-ring (bicyclic) bond motifs is 3. The second kappa shape index (κ2) is 11.3. The zero-order valence-electron chi connectivity index (χ0n) is 23.5. The van der Waals surface area contributed by atoms with Crippen molar-refractivity contribution in [3.05, 3.63) is 11.6 Å². The van der Waals surface area contributed by atoms with E-state index in [1.54, 1.807) is 0 Å². The summed E-state index contributed by atoms with van der Waals surface area (Å²) < 4.78 is 17.0. The van der Waals surface area contributed by atoms with E-state index >= 15 is 0 Å². The van der Waals surface area contributed by atoms with Crippen LogP contribution in [0.5, 0.6) is 0 Å². The van der Waals surface area contributed by atoms with E-state index < -0.39 is 60.9 Å². The maximum absolute atomic E-state index is 11.3. The molecule has 224 valence electrons. The topological polar surface area (TPSA) is 175 Å². The Morgan fingerprint density at radius 3 is 2.41 bits per heavy atom. The van der Waals surface area contributed by atoms with Gasteiger partial charge in [-0.25, -0.2) is 4.89 Å². The van der Waals surface area contributed by atoms with Crippen molar-refractivity contribution in [1.82, 2.24) is 0 Å². The molecule has 4 rings (SSSR count). The Hall–Kier alpha value is -1.15. The van der Waals surface area contributed by atoms with Crippen LogP contribution in [0.25, 0.3) is 0 Å². The summed E-state index contributed by atoms with van der Waals surface area (Å²) in [4.78, 5) is 16.4. The van der Waals surface area contributed by atoms with Gasteiger partial charge in [-0.1, -0.05) is 33.8 Å². The highest BCUT2D eigenvalue weighted by Gasteiger charge is 2.61. The Labute approximate surface area is 229 Å². The Bertz CT molecular complexity index is 921. The van der Waals surface area contributed by atoms with E-state index in [4.69, 9.17) is 19.1 Å².